The van der Waals surface area contributed by atoms with Crippen molar-refractivity contribution in [2.75, 3.05) is 0 Å². The van der Waals surface area contributed by atoms with E-state index in [1.807, 2.05) is 0 Å². The Labute approximate surface area is 187 Å². The smallest absolute Gasteiger partial charge is 0.306 e. The summed E-state index contributed by atoms with van der Waals surface area (Å²) < 4.78 is 5.67. The molecule has 2 nitrogen and oxygen atoms in total. The number of hydrogen-bond donors (Lipinski definition) is 0. The molecule has 2 heteroatoms. The first-order valence-corrected chi connectivity index (χ1v) is 13.9. The van der Waals surface area contributed by atoms with Crippen molar-refractivity contribution < 1.29 is 9.53 Å². The van der Waals surface area contributed by atoms with Gasteiger partial charge in [-0.15, -0.1) is 0 Å². The molecule has 0 aromatic carbocycles. The highest BCUT2D eigenvalue weighted by Crippen LogP contribution is 2.46. The zero-order chi connectivity index (χ0) is 21.2. The second kappa shape index (κ2) is 13.1. The summed E-state index contributed by atoms with van der Waals surface area (Å²) >= 11 is 0. The first-order valence-electron chi connectivity index (χ1n) is 13.9. The number of rotatable bonds is 10. The lowest BCUT2D eigenvalue weighted by Gasteiger charge is -2.41. The highest BCUT2D eigenvalue weighted by Gasteiger charge is 2.35. The zero-order valence-electron chi connectivity index (χ0n) is 20.2. The van der Waals surface area contributed by atoms with Crippen LogP contribution in [0.5, 0.6) is 0 Å². The van der Waals surface area contributed by atoms with Crippen LogP contribution in [0.2, 0.25) is 0 Å². The molecule has 0 radical (unpaired) electrons. The summed E-state index contributed by atoms with van der Waals surface area (Å²) in [4.78, 5) is 11.8. The van der Waals surface area contributed by atoms with E-state index in [0.29, 0.717) is 6.42 Å². The van der Waals surface area contributed by atoms with Crippen LogP contribution in [0.4, 0.5) is 0 Å². The van der Waals surface area contributed by atoms with E-state index in [1.54, 1.807) is 0 Å². The molecule has 0 spiro atoms. The van der Waals surface area contributed by atoms with E-state index in [9.17, 15) is 4.79 Å². The SMILES string of the molecule is CCCCCCC1CCC(C2CCC(C3CCC(OC(=O)CCC)CC3)CC2)CC1. The molecular weight excluding hydrogens is 368 g/mol. The predicted molar refractivity (Wildman–Crippen MR) is 126 cm³/mol. The minimum absolute atomic E-state index is 0.0251. The normalized spacial score (nSPS) is 35.1. The minimum atomic E-state index is 0.0251. The fraction of sp³-hybridized carbons (Fsp3) is 0.964. The van der Waals surface area contributed by atoms with Crippen LogP contribution in [0.3, 0.4) is 0 Å². The highest BCUT2D eigenvalue weighted by atomic mass is 16.5. The van der Waals surface area contributed by atoms with Gasteiger partial charge < -0.3 is 4.74 Å². The van der Waals surface area contributed by atoms with Crippen molar-refractivity contribution in [1.82, 2.24) is 0 Å². The molecule has 0 bridgehead atoms. The van der Waals surface area contributed by atoms with Crippen LogP contribution in [0.1, 0.15) is 136 Å². The van der Waals surface area contributed by atoms with Crippen molar-refractivity contribution in [3.05, 3.63) is 0 Å². The van der Waals surface area contributed by atoms with E-state index in [0.717, 1.165) is 48.9 Å². The van der Waals surface area contributed by atoms with Gasteiger partial charge in [-0.2, -0.15) is 0 Å². The van der Waals surface area contributed by atoms with E-state index in [2.05, 4.69) is 13.8 Å². The second-order valence-electron chi connectivity index (χ2n) is 11.1. The summed E-state index contributed by atoms with van der Waals surface area (Å²) in [7, 11) is 0. The predicted octanol–water partition coefficient (Wildman–Crippen LogP) is 8.47. The summed E-state index contributed by atoms with van der Waals surface area (Å²) in [5.41, 5.74) is 0. The molecular formula is C28H50O2. The van der Waals surface area contributed by atoms with Gasteiger partial charge in [0.25, 0.3) is 0 Å². The van der Waals surface area contributed by atoms with E-state index in [1.165, 1.54) is 96.3 Å². The van der Waals surface area contributed by atoms with Gasteiger partial charge in [0.2, 0.25) is 0 Å². The van der Waals surface area contributed by atoms with Gasteiger partial charge in [0.1, 0.15) is 6.10 Å². The van der Waals surface area contributed by atoms with Crippen LogP contribution in [0, 0.1) is 29.6 Å². The molecule has 0 aromatic heterocycles. The largest absolute Gasteiger partial charge is 0.462 e. The van der Waals surface area contributed by atoms with Crippen LogP contribution in [-0.2, 0) is 9.53 Å². The summed E-state index contributed by atoms with van der Waals surface area (Å²) in [6, 6.07) is 0. The van der Waals surface area contributed by atoms with E-state index in [-0.39, 0.29) is 12.1 Å². The van der Waals surface area contributed by atoms with Crippen molar-refractivity contribution in [2.45, 2.75) is 142 Å². The van der Waals surface area contributed by atoms with Gasteiger partial charge >= 0.3 is 5.97 Å². The van der Waals surface area contributed by atoms with Crippen LogP contribution in [0.15, 0.2) is 0 Å². The molecule has 3 fully saturated rings. The van der Waals surface area contributed by atoms with Gasteiger partial charge in [0.05, 0.1) is 0 Å². The Balaban J connectivity index is 1.29. The Morgan fingerprint density at radius 1 is 0.633 bits per heavy atom. The number of ether oxygens (including phenoxy) is 1. The summed E-state index contributed by atoms with van der Waals surface area (Å²) in [5.74, 6) is 5.03. The van der Waals surface area contributed by atoms with Crippen LogP contribution in [-0.4, -0.2) is 12.1 Å². The van der Waals surface area contributed by atoms with E-state index >= 15 is 0 Å². The van der Waals surface area contributed by atoms with Gasteiger partial charge in [0, 0.05) is 6.42 Å². The van der Waals surface area contributed by atoms with Crippen molar-refractivity contribution in [2.24, 2.45) is 29.6 Å². The first kappa shape index (κ1) is 24.1. The highest BCUT2D eigenvalue weighted by molar-refractivity contribution is 5.69. The van der Waals surface area contributed by atoms with Gasteiger partial charge in [-0.3, -0.25) is 4.79 Å². The quantitative estimate of drug-likeness (QED) is 0.263. The number of esters is 1. The molecule has 0 aliphatic heterocycles. The molecule has 3 rings (SSSR count). The lowest BCUT2D eigenvalue weighted by molar-refractivity contribution is -0.151. The Bertz CT molecular complexity index is 463. The standard InChI is InChI=1S/C28H50O2/c1-3-5-6-7-9-22-10-12-23(13-11-22)24-14-16-25(17-15-24)26-18-20-27(21-19-26)30-28(29)8-4-2/h22-27H,3-21H2,1-2H3. The molecule has 0 heterocycles. The fourth-order valence-corrected chi connectivity index (χ4v) is 7.02. The molecule has 174 valence electrons. The molecule has 0 saturated heterocycles. The van der Waals surface area contributed by atoms with Gasteiger partial charge in [0.15, 0.2) is 0 Å². The van der Waals surface area contributed by atoms with Crippen molar-refractivity contribution >= 4 is 5.97 Å². The fourth-order valence-electron chi connectivity index (χ4n) is 7.02. The van der Waals surface area contributed by atoms with E-state index in [4.69, 9.17) is 4.74 Å². The third-order valence-corrected chi connectivity index (χ3v) is 8.98. The molecule has 0 amide bonds. The molecule has 30 heavy (non-hydrogen) atoms. The third-order valence-electron chi connectivity index (χ3n) is 8.98. The average Bonchev–Trinajstić information content (AvgIpc) is 2.78. The number of hydrogen-bond acceptors (Lipinski definition) is 2. The maximum Gasteiger partial charge on any atom is 0.306 e. The van der Waals surface area contributed by atoms with Crippen LogP contribution in [0.25, 0.3) is 0 Å². The third kappa shape index (κ3) is 7.56. The van der Waals surface area contributed by atoms with Crippen molar-refractivity contribution in [3.8, 4) is 0 Å². The molecule has 0 N–H and O–H groups in total. The topological polar surface area (TPSA) is 26.3 Å². The van der Waals surface area contributed by atoms with Gasteiger partial charge in [-0.05, 0) is 100 Å². The van der Waals surface area contributed by atoms with Gasteiger partial charge in [-0.25, -0.2) is 0 Å². The first-order chi connectivity index (χ1) is 14.7. The summed E-state index contributed by atoms with van der Waals surface area (Å²) in [6.45, 7) is 4.37. The summed E-state index contributed by atoms with van der Waals surface area (Å²) in [5, 5.41) is 0. The minimum Gasteiger partial charge on any atom is -0.462 e. The molecule has 3 aliphatic rings. The Morgan fingerprint density at radius 2 is 1.13 bits per heavy atom. The molecule has 3 saturated carbocycles. The van der Waals surface area contributed by atoms with Crippen LogP contribution < -0.4 is 0 Å². The summed E-state index contributed by atoms with van der Waals surface area (Å²) in [6.07, 6.45) is 25.8. The second-order valence-corrected chi connectivity index (χ2v) is 11.1. The maximum absolute atomic E-state index is 11.8. The number of carbonyl (C=O) groups excluding carboxylic acids is 1. The van der Waals surface area contributed by atoms with Crippen molar-refractivity contribution in [1.29, 1.82) is 0 Å². The zero-order valence-corrected chi connectivity index (χ0v) is 20.2. The maximum atomic E-state index is 11.8. The molecule has 0 aromatic rings. The molecule has 3 aliphatic carbocycles. The molecule has 0 atom stereocenters. The Morgan fingerprint density at radius 3 is 1.63 bits per heavy atom. The Kier molecular flexibility index (Phi) is 10.5. The lowest BCUT2D eigenvalue weighted by Crippen LogP contribution is -2.31. The average molecular weight is 419 g/mol. The van der Waals surface area contributed by atoms with Crippen LogP contribution >= 0.6 is 0 Å². The Hall–Kier alpha value is -0.530. The van der Waals surface area contributed by atoms with Crippen molar-refractivity contribution in [3.63, 3.8) is 0 Å². The van der Waals surface area contributed by atoms with E-state index < -0.39 is 0 Å². The monoisotopic (exact) mass is 418 g/mol. The number of carbonyl (C=O) groups is 1. The number of unbranched alkanes of at least 4 members (excludes halogenated alkanes) is 3. The molecule has 0 unspecified atom stereocenters. The lowest BCUT2D eigenvalue weighted by atomic mass is 9.65. The van der Waals surface area contributed by atoms with Gasteiger partial charge in [-0.1, -0.05) is 58.8 Å².